The van der Waals surface area contributed by atoms with Gasteiger partial charge < -0.3 is 100 Å². The molecule has 106 heavy (non-hydrogen) atoms. The molecular weight excluding hydrogens is 1360 g/mol. The Kier molecular flexibility index (Phi) is 56.4. The molecule has 23 nitrogen and oxygen atoms in total. The highest BCUT2D eigenvalue weighted by atomic mass is 16.8. The molecule has 3 rings (SSSR count). The first kappa shape index (κ1) is 97.1. The van der Waals surface area contributed by atoms with E-state index in [0.717, 1.165) is 58.3 Å². The van der Waals surface area contributed by atoms with Crippen LogP contribution in [-0.2, 0) is 42.8 Å². The van der Waals surface area contributed by atoms with Crippen LogP contribution in [0.2, 0.25) is 0 Å². The minimum absolute atomic E-state index is 0.201. The third kappa shape index (κ3) is 40.9. The Hall–Kier alpha value is -3.05. The van der Waals surface area contributed by atoms with Crippen molar-refractivity contribution < 1.29 is 104 Å². The lowest BCUT2D eigenvalue weighted by molar-refractivity contribution is -0.386. The van der Waals surface area contributed by atoms with E-state index in [-0.39, 0.29) is 12.3 Å². The highest BCUT2D eigenvalue weighted by Crippen LogP contribution is 2.39. The molecule has 18 unspecified atom stereocenters. The van der Waals surface area contributed by atoms with Gasteiger partial charge in [-0.1, -0.05) is 301 Å². The Labute approximate surface area is 637 Å². The number of unbranched alkanes of at least 4 members (excludes halogenated alkanes) is 43. The van der Waals surface area contributed by atoms with Crippen LogP contribution in [0.3, 0.4) is 0 Å². The van der Waals surface area contributed by atoms with Gasteiger partial charge in [0, 0.05) is 19.8 Å². The van der Waals surface area contributed by atoms with E-state index in [1.807, 2.05) is 6.08 Å². The lowest BCUT2D eigenvalue weighted by atomic mass is 9.88. The topological polar surface area (TPSA) is 373 Å². The predicted molar refractivity (Wildman–Crippen MR) is 412 cm³/mol. The first-order chi connectivity index (χ1) is 51.4. The highest BCUT2D eigenvalue weighted by Gasteiger charge is 2.60. The summed E-state index contributed by atoms with van der Waals surface area (Å²) in [4.78, 5) is 38.7. The molecule has 3 aliphatic rings. The molecule has 0 aromatic heterocycles. The van der Waals surface area contributed by atoms with Gasteiger partial charge in [0.1, 0.15) is 67.1 Å². The summed E-state index contributed by atoms with van der Waals surface area (Å²) in [5, 5.41) is 136. The molecule has 2 amide bonds. The molecule has 0 saturated carbocycles. The summed E-state index contributed by atoms with van der Waals surface area (Å²) >= 11 is 0. The Balaban J connectivity index is 1.42. The van der Waals surface area contributed by atoms with Gasteiger partial charge in [-0.25, -0.2) is 4.79 Å². The van der Waals surface area contributed by atoms with Gasteiger partial charge in [0.15, 0.2) is 12.6 Å². The van der Waals surface area contributed by atoms with Crippen molar-refractivity contribution in [1.82, 2.24) is 10.6 Å². The maximum atomic E-state index is 13.5. The van der Waals surface area contributed by atoms with E-state index in [4.69, 9.17) is 28.4 Å². The van der Waals surface area contributed by atoms with Crippen LogP contribution in [0.15, 0.2) is 36.5 Å². The van der Waals surface area contributed by atoms with Gasteiger partial charge in [0.25, 0.3) is 5.79 Å². The summed E-state index contributed by atoms with van der Waals surface area (Å²) in [7, 11) is 0. The van der Waals surface area contributed by atoms with E-state index < -0.39 is 155 Å². The van der Waals surface area contributed by atoms with Crippen LogP contribution < -0.4 is 10.6 Å². The van der Waals surface area contributed by atoms with Crippen LogP contribution >= 0.6 is 0 Å². The van der Waals surface area contributed by atoms with Crippen LogP contribution in [0.1, 0.15) is 335 Å². The number of amides is 2. The molecule has 0 bridgehead atoms. The minimum Gasteiger partial charge on any atom is -0.477 e. The zero-order valence-corrected chi connectivity index (χ0v) is 65.8. The van der Waals surface area contributed by atoms with Crippen molar-refractivity contribution in [1.29, 1.82) is 0 Å². The quantitative estimate of drug-likeness (QED) is 0.0199. The van der Waals surface area contributed by atoms with Gasteiger partial charge in [0.05, 0.1) is 50.7 Å². The number of hydrogen-bond donors (Lipinski definition) is 14. The van der Waals surface area contributed by atoms with Gasteiger partial charge in [-0.2, -0.15) is 0 Å². The molecule has 0 aromatic rings. The average Bonchev–Trinajstić information content (AvgIpc) is 0.754. The van der Waals surface area contributed by atoms with Crippen LogP contribution in [0, 0.1) is 0 Å². The number of carboxylic acid groups (broad SMARTS) is 1. The molecule has 23 heteroatoms. The Morgan fingerprint density at radius 3 is 1.33 bits per heavy atom. The molecule has 3 saturated heterocycles. The number of nitrogens with one attached hydrogen (secondary N) is 2. The third-order valence-corrected chi connectivity index (χ3v) is 21.3. The molecule has 620 valence electrons. The monoisotopic (exact) mass is 1510 g/mol. The molecule has 0 aromatic carbocycles. The van der Waals surface area contributed by atoms with Crippen LogP contribution in [-0.4, -0.2) is 215 Å². The zero-order valence-electron chi connectivity index (χ0n) is 65.8. The largest absolute Gasteiger partial charge is 0.477 e. The van der Waals surface area contributed by atoms with E-state index in [2.05, 4.69) is 48.8 Å². The third-order valence-electron chi connectivity index (χ3n) is 21.3. The predicted octanol–water partition coefficient (Wildman–Crippen LogP) is 12.1. The molecule has 0 aliphatic carbocycles. The second-order valence-corrected chi connectivity index (χ2v) is 30.7. The molecule has 3 fully saturated rings. The fourth-order valence-corrected chi connectivity index (χ4v) is 14.6. The number of hydrogen-bond acceptors (Lipinski definition) is 20. The number of aliphatic hydroxyl groups excluding tert-OH is 11. The molecule has 0 radical (unpaired) electrons. The number of rotatable bonds is 67. The fourth-order valence-electron chi connectivity index (χ4n) is 14.6. The van der Waals surface area contributed by atoms with E-state index >= 15 is 0 Å². The van der Waals surface area contributed by atoms with Crippen molar-refractivity contribution in [2.75, 3.05) is 26.4 Å². The minimum atomic E-state index is -3.08. The van der Waals surface area contributed by atoms with Crippen LogP contribution in [0.25, 0.3) is 0 Å². The molecule has 0 spiro atoms. The Bertz CT molecular complexity index is 2250. The summed E-state index contributed by atoms with van der Waals surface area (Å²) in [6.45, 7) is 2.17. The van der Waals surface area contributed by atoms with Crippen LogP contribution in [0.5, 0.6) is 0 Å². The SMILES string of the molecule is CCCCCCCCCCCCCCC/C=C\C/C=C\CCCCCCCCCCCCCCCCCCCC(=O)NC(COC1OC(CO)C(OC2OC(CO)C(O)C(OC3(C(=O)O)CC(O)C(NC(C)=O)C(C(O)C(O)CO)O3)C2O)C(O)C1O)C(O)/C=C/CCCCCCCCCCCCCCC. The number of ether oxygens (including phenoxy) is 6. The average molecular weight is 1510 g/mol. The van der Waals surface area contributed by atoms with Crippen molar-refractivity contribution in [3.63, 3.8) is 0 Å². The molecular formula is C83H152N2O21. The fraction of sp³-hybridized carbons (Fsp3) is 0.892. The van der Waals surface area contributed by atoms with Gasteiger partial charge in [0.2, 0.25) is 11.8 Å². The Morgan fingerprint density at radius 2 is 0.915 bits per heavy atom. The maximum absolute atomic E-state index is 13.5. The van der Waals surface area contributed by atoms with Gasteiger partial charge in [-0.3, -0.25) is 9.59 Å². The highest BCUT2D eigenvalue weighted by molar-refractivity contribution is 5.77. The number of allylic oxidation sites excluding steroid dienone is 5. The standard InChI is InChI=1S/C83H152N2O21/c1-4-6-8-10-12-14-16-18-20-21-22-23-24-25-26-27-28-29-30-31-32-33-34-35-36-37-38-39-40-41-43-45-47-49-51-53-55-57-70(93)85-64(65(90)56-54-52-50-48-46-44-42-19-17-15-13-11-9-7-5-2)62-101-80-75(97)74(96)77(69(61-88)103-80)104-81-76(98)79(73(95)68(60-87)102-81)106-83(82(99)100)58-66(91)71(84-63(3)89)78(105-83)72(94)67(92)59-86/h26-27,29-30,54,56,64-69,71-81,86-88,90-92,94-98H,4-25,28,31-53,55,57-62H2,1-3H3,(H,84,89)(H,85,93)(H,99,100)/b27-26-,30-29-,56-54+. The number of aliphatic hydroxyl groups is 11. The second kappa shape index (κ2) is 61.5. The van der Waals surface area contributed by atoms with Gasteiger partial charge >= 0.3 is 5.97 Å². The summed E-state index contributed by atoms with van der Waals surface area (Å²) < 4.78 is 34.9. The van der Waals surface area contributed by atoms with Crippen molar-refractivity contribution in [3.05, 3.63) is 36.5 Å². The number of carbonyl (C=O) groups excluding carboxylic acids is 2. The van der Waals surface area contributed by atoms with E-state index in [1.165, 1.54) is 238 Å². The molecule has 18 atom stereocenters. The smallest absolute Gasteiger partial charge is 0.364 e. The maximum Gasteiger partial charge on any atom is 0.364 e. The molecule has 3 aliphatic heterocycles. The zero-order chi connectivity index (χ0) is 77.4. The molecule has 3 heterocycles. The first-order valence-electron chi connectivity index (χ1n) is 42.4. The summed E-state index contributed by atoms with van der Waals surface area (Å²) in [5.41, 5.74) is 0. The number of carbonyl (C=O) groups is 3. The number of carboxylic acids is 1. The van der Waals surface area contributed by atoms with Crippen molar-refractivity contribution in [3.8, 4) is 0 Å². The number of aliphatic carboxylic acids is 1. The van der Waals surface area contributed by atoms with E-state index in [1.54, 1.807) is 6.08 Å². The second-order valence-electron chi connectivity index (χ2n) is 30.7. The summed E-state index contributed by atoms with van der Waals surface area (Å²) in [6, 6.07) is -2.62. The summed E-state index contributed by atoms with van der Waals surface area (Å²) in [6.07, 6.45) is 42.1. The van der Waals surface area contributed by atoms with E-state index in [0.29, 0.717) is 12.8 Å². The lowest BCUT2D eigenvalue weighted by Gasteiger charge is -2.50. The normalized spacial score (nSPS) is 26.3. The summed E-state index contributed by atoms with van der Waals surface area (Å²) in [5.74, 6) is -6.14. The Morgan fingerprint density at radius 1 is 0.500 bits per heavy atom. The van der Waals surface area contributed by atoms with Crippen molar-refractivity contribution in [2.45, 2.75) is 445 Å². The van der Waals surface area contributed by atoms with Crippen molar-refractivity contribution >= 4 is 17.8 Å². The lowest BCUT2D eigenvalue weighted by Crippen LogP contribution is -2.70. The molecule has 14 N–H and O–H groups in total. The van der Waals surface area contributed by atoms with Gasteiger partial charge in [-0.05, 0) is 51.4 Å². The first-order valence-corrected chi connectivity index (χ1v) is 42.4. The van der Waals surface area contributed by atoms with Crippen molar-refractivity contribution in [2.24, 2.45) is 0 Å². The van der Waals surface area contributed by atoms with E-state index in [9.17, 15) is 75.7 Å². The van der Waals surface area contributed by atoms with Crippen LogP contribution in [0.4, 0.5) is 0 Å². The van der Waals surface area contributed by atoms with Gasteiger partial charge in [-0.15, -0.1) is 0 Å².